The lowest BCUT2D eigenvalue weighted by molar-refractivity contribution is -0.0109. The Morgan fingerprint density at radius 2 is 2.00 bits per heavy atom. The molecule has 1 N–H and O–H groups in total. The van der Waals surface area contributed by atoms with Crippen molar-refractivity contribution in [2.45, 2.75) is 64.2 Å². The summed E-state index contributed by atoms with van der Waals surface area (Å²) in [5, 5.41) is 10.0. The van der Waals surface area contributed by atoms with Gasteiger partial charge in [-0.15, -0.1) is 0 Å². The molecule has 2 aliphatic rings. The van der Waals surface area contributed by atoms with Crippen LogP contribution in [0, 0.1) is 5.92 Å². The Balaban J connectivity index is 2.04. The number of hydrogen-bond donors (Lipinski definition) is 1. The summed E-state index contributed by atoms with van der Waals surface area (Å²) in [6, 6.07) is -0.0152. The molecule has 0 bridgehead atoms. The number of hydrogen-bond acceptors (Lipinski definition) is 3. The van der Waals surface area contributed by atoms with E-state index in [1.165, 1.54) is 0 Å². The molecule has 4 heteroatoms. The van der Waals surface area contributed by atoms with Gasteiger partial charge in [0.2, 0.25) is 0 Å². The van der Waals surface area contributed by atoms with Gasteiger partial charge in [-0.1, -0.05) is 6.42 Å². The Labute approximate surface area is 103 Å². The SMILES string of the molecule is CC(C)(C)OC(=O)N1CC[C@H]2CCC[C@H](O)[C@H]21. The molecule has 1 aliphatic carbocycles. The Bertz CT molecular complexity index is 298. The first-order chi connectivity index (χ1) is 7.88. The number of nitrogens with zero attached hydrogens (tertiary/aromatic N) is 1. The Morgan fingerprint density at radius 1 is 1.29 bits per heavy atom. The molecule has 1 heterocycles. The highest BCUT2D eigenvalue weighted by Gasteiger charge is 2.44. The molecule has 4 nitrogen and oxygen atoms in total. The number of aliphatic hydroxyl groups is 1. The van der Waals surface area contributed by atoms with Gasteiger partial charge in [0.05, 0.1) is 12.1 Å². The predicted octanol–water partition coefficient (Wildman–Crippen LogP) is 2.16. The molecule has 3 atom stereocenters. The lowest BCUT2D eigenvalue weighted by Crippen LogP contribution is -2.48. The van der Waals surface area contributed by atoms with E-state index in [1.54, 1.807) is 4.90 Å². The van der Waals surface area contributed by atoms with Crippen LogP contribution >= 0.6 is 0 Å². The number of fused-ring (bicyclic) bond motifs is 1. The van der Waals surface area contributed by atoms with Crippen molar-refractivity contribution in [1.29, 1.82) is 0 Å². The van der Waals surface area contributed by atoms with Gasteiger partial charge in [-0.05, 0) is 46.0 Å². The van der Waals surface area contributed by atoms with Crippen LogP contribution in [0.1, 0.15) is 46.5 Å². The van der Waals surface area contributed by atoms with Gasteiger partial charge >= 0.3 is 6.09 Å². The fraction of sp³-hybridized carbons (Fsp3) is 0.923. The van der Waals surface area contributed by atoms with Crippen molar-refractivity contribution in [1.82, 2.24) is 4.90 Å². The summed E-state index contributed by atoms with van der Waals surface area (Å²) >= 11 is 0. The molecule has 2 rings (SSSR count). The fourth-order valence-corrected chi connectivity index (χ4v) is 3.01. The minimum atomic E-state index is -0.464. The number of likely N-dealkylation sites (tertiary alicyclic amines) is 1. The van der Waals surface area contributed by atoms with Crippen LogP contribution in [0.2, 0.25) is 0 Å². The van der Waals surface area contributed by atoms with Gasteiger partial charge in [0.1, 0.15) is 5.60 Å². The standard InChI is InChI=1S/C13H23NO3/c1-13(2,3)17-12(16)14-8-7-9-5-4-6-10(15)11(9)14/h9-11,15H,4-8H2,1-3H3/t9-,10+,11+/m1/s1. The minimum absolute atomic E-state index is 0.0152. The summed E-state index contributed by atoms with van der Waals surface area (Å²) in [5.41, 5.74) is -0.464. The third-order valence-electron chi connectivity index (χ3n) is 3.68. The average Bonchev–Trinajstić information content (AvgIpc) is 2.60. The number of amides is 1. The molecule has 0 aromatic rings. The molecule has 1 saturated heterocycles. The van der Waals surface area contributed by atoms with Gasteiger partial charge in [0, 0.05) is 6.54 Å². The molecule has 0 aromatic heterocycles. The summed E-state index contributed by atoms with van der Waals surface area (Å²) < 4.78 is 5.39. The quantitative estimate of drug-likeness (QED) is 0.707. The summed E-state index contributed by atoms with van der Waals surface area (Å²) in [6.07, 6.45) is 3.36. The topological polar surface area (TPSA) is 49.8 Å². The number of carbonyl (C=O) groups excluding carboxylic acids is 1. The van der Waals surface area contributed by atoms with E-state index in [2.05, 4.69) is 0 Å². The highest BCUT2D eigenvalue weighted by Crippen LogP contribution is 2.37. The third-order valence-corrected chi connectivity index (χ3v) is 3.68. The zero-order valence-corrected chi connectivity index (χ0v) is 11.0. The normalized spacial score (nSPS) is 33.4. The van der Waals surface area contributed by atoms with E-state index in [0.717, 1.165) is 32.2 Å². The lowest BCUT2D eigenvalue weighted by atomic mass is 9.83. The third kappa shape index (κ3) is 2.73. The van der Waals surface area contributed by atoms with Crippen LogP contribution in [-0.2, 0) is 4.74 Å². The smallest absolute Gasteiger partial charge is 0.410 e. The van der Waals surface area contributed by atoms with Crippen LogP contribution < -0.4 is 0 Å². The van der Waals surface area contributed by atoms with Gasteiger partial charge in [-0.25, -0.2) is 4.79 Å². The molecule has 1 amide bonds. The Morgan fingerprint density at radius 3 is 2.65 bits per heavy atom. The molecule has 0 spiro atoms. The number of ether oxygens (including phenoxy) is 1. The van der Waals surface area contributed by atoms with Gasteiger partial charge in [-0.2, -0.15) is 0 Å². The largest absolute Gasteiger partial charge is 0.444 e. The maximum absolute atomic E-state index is 12.1. The van der Waals surface area contributed by atoms with Crippen LogP contribution in [0.15, 0.2) is 0 Å². The van der Waals surface area contributed by atoms with Gasteiger partial charge < -0.3 is 14.7 Å². The van der Waals surface area contributed by atoms with E-state index in [1.807, 2.05) is 20.8 Å². The number of carbonyl (C=O) groups is 1. The monoisotopic (exact) mass is 241 g/mol. The maximum Gasteiger partial charge on any atom is 0.410 e. The minimum Gasteiger partial charge on any atom is -0.444 e. The molecular weight excluding hydrogens is 218 g/mol. The first-order valence-electron chi connectivity index (χ1n) is 6.56. The Kier molecular flexibility index (Phi) is 3.34. The van der Waals surface area contributed by atoms with Crippen molar-refractivity contribution in [2.24, 2.45) is 5.92 Å². The molecule has 17 heavy (non-hydrogen) atoms. The fourth-order valence-electron chi connectivity index (χ4n) is 3.01. The van der Waals surface area contributed by atoms with Crippen LogP contribution in [-0.4, -0.2) is 40.4 Å². The van der Waals surface area contributed by atoms with Crippen LogP contribution in [0.3, 0.4) is 0 Å². The zero-order valence-electron chi connectivity index (χ0n) is 11.0. The number of aliphatic hydroxyl groups excluding tert-OH is 1. The molecule has 0 radical (unpaired) electrons. The summed E-state index contributed by atoms with van der Waals surface area (Å²) in [7, 11) is 0. The highest BCUT2D eigenvalue weighted by molar-refractivity contribution is 5.69. The van der Waals surface area contributed by atoms with E-state index >= 15 is 0 Å². The van der Waals surface area contributed by atoms with Crippen LogP contribution in [0.4, 0.5) is 4.79 Å². The molecule has 98 valence electrons. The summed E-state index contributed by atoms with van der Waals surface area (Å²) in [6.45, 7) is 6.34. The van der Waals surface area contributed by atoms with Gasteiger partial charge in [0.25, 0.3) is 0 Å². The van der Waals surface area contributed by atoms with Crippen molar-refractivity contribution in [3.05, 3.63) is 0 Å². The van der Waals surface area contributed by atoms with E-state index in [0.29, 0.717) is 5.92 Å². The maximum atomic E-state index is 12.1. The second kappa shape index (κ2) is 4.48. The van der Waals surface area contributed by atoms with E-state index in [9.17, 15) is 9.90 Å². The molecular formula is C13H23NO3. The van der Waals surface area contributed by atoms with E-state index < -0.39 is 5.60 Å². The second-order valence-corrected chi connectivity index (χ2v) is 6.21. The van der Waals surface area contributed by atoms with E-state index in [-0.39, 0.29) is 18.2 Å². The van der Waals surface area contributed by atoms with E-state index in [4.69, 9.17) is 4.74 Å². The van der Waals surface area contributed by atoms with Crippen molar-refractivity contribution >= 4 is 6.09 Å². The van der Waals surface area contributed by atoms with Crippen LogP contribution in [0.5, 0.6) is 0 Å². The molecule has 2 fully saturated rings. The van der Waals surface area contributed by atoms with Crippen molar-refractivity contribution in [3.8, 4) is 0 Å². The summed E-state index contributed by atoms with van der Waals surface area (Å²) in [5.74, 6) is 0.464. The summed E-state index contributed by atoms with van der Waals surface area (Å²) in [4.78, 5) is 13.8. The highest BCUT2D eigenvalue weighted by atomic mass is 16.6. The lowest BCUT2D eigenvalue weighted by Gasteiger charge is -2.36. The van der Waals surface area contributed by atoms with Gasteiger partial charge in [-0.3, -0.25) is 0 Å². The first kappa shape index (κ1) is 12.7. The predicted molar refractivity (Wildman–Crippen MR) is 64.7 cm³/mol. The van der Waals surface area contributed by atoms with Crippen LogP contribution in [0.25, 0.3) is 0 Å². The van der Waals surface area contributed by atoms with Crippen molar-refractivity contribution < 1.29 is 14.6 Å². The zero-order chi connectivity index (χ0) is 12.6. The number of rotatable bonds is 0. The second-order valence-electron chi connectivity index (χ2n) is 6.21. The van der Waals surface area contributed by atoms with Gasteiger partial charge in [0.15, 0.2) is 0 Å². The van der Waals surface area contributed by atoms with Crippen molar-refractivity contribution in [3.63, 3.8) is 0 Å². The molecule has 0 unspecified atom stereocenters. The molecule has 1 saturated carbocycles. The average molecular weight is 241 g/mol. The molecule has 0 aromatic carbocycles. The molecule has 1 aliphatic heterocycles. The van der Waals surface area contributed by atoms with Crippen molar-refractivity contribution in [2.75, 3.05) is 6.54 Å². The Hall–Kier alpha value is -0.770. The first-order valence-corrected chi connectivity index (χ1v) is 6.56.